The number of hydrogen-bond donors (Lipinski definition) is 1. The van der Waals surface area contributed by atoms with E-state index >= 15 is 0 Å². The van der Waals surface area contributed by atoms with Crippen molar-refractivity contribution in [2.75, 3.05) is 38.7 Å². The molecule has 29 heavy (non-hydrogen) atoms. The quantitative estimate of drug-likeness (QED) is 0.703. The maximum Gasteiger partial charge on any atom is 0.248 e. The summed E-state index contributed by atoms with van der Waals surface area (Å²) < 4.78 is 37.8. The Balaban J connectivity index is 1.79. The van der Waals surface area contributed by atoms with Crippen molar-refractivity contribution in [1.82, 2.24) is 4.31 Å². The molecule has 0 unspecified atom stereocenters. The number of methoxy groups -OCH3 is 1. The van der Waals surface area contributed by atoms with Gasteiger partial charge in [-0.05, 0) is 48.0 Å². The number of morpholine rings is 1. The number of sulfonamides is 1. The van der Waals surface area contributed by atoms with Gasteiger partial charge in [0.1, 0.15) is 10.6 Å². The minimum Gasteiger partial charge on any atom is -0.495 e. The van der Waals surface area contributed by atoms with Gasteiger partial charge in [0.2, 0.25) is 15.9 Å². The third-order valence-corrected chi connectivity index (χ3v) is 6.49. The van der Waals surface area contributed by atoms with Gasteiger partial charge in [-0.15, -0.1) is 0 Å². The Kier molecular flexibility index (Phi) is 6.92. The van der Waals surface area contributed by atoms with Gasteiger partial charge in [0.05, 0.1) is 20.3 Å². The summed E-state index contributed by atoms with van der Waals surface area (Å²) in [6, 6.07) is 11.5. The van der Waals surface area contributed by atoms with Crippen LogP contribution in [0.3, 0.4) is 0 Å². The number of carbonyl (C=O) groups excluding carboxylic acids is 1. The summed E-state index contributed by atoms with van der Waals surface area (Å²) in [7, 11) is -2.32. The molecule has 1 heterocycles. The Bertz CT molecular complexity index is 1000. The summed E-state index contributed by atoms with van der Waals surface area (Å²) in [5, 5.41) is 3.28. The Morgan fingerprint density at radius 3 is 2.52 bits per heavy atom. The lowest BCUT2D eigenvalue weighted by atomic mass is 10.2. The second-order valence-electron chi connectivity index (χ2n) is 6.26. The molecule has 1 amide bonds. The van der Waals surface area contributed by atoms with Crippen LogP contribution in [0.25, 0.3) is 6.08 Å². The molecule has 0 saturated carbocycles. The molecule has 1 aliphatic heterocycles. The zero-order valence-electron chi connectivity index (χ0n) is 15.8. The van der Waals surface area contributed by atoms with Crippen LogP contribution in [0.15, 0.2) is 53.4 Å². The molecule has 0 radical (unpaired) electrons. The van der Waals surface area contributed by atoms with Crippen LogP contribution in [0, 0.1) is 0 Å². The number of carbonyl (C=O) groups is 1. The molecular formula is C20H21ClN2O5S. The lowest BCUT2D eigenvalue weighted by Crippen LogP contribution is -2.40. The summed E-state index contributed by atoms with van der Waals surface area (Å²) in [5.74, 6) is -0.0972. The molecule has 0 aliphatic carbocycles. The number of nitrogens with zero attached hydrogens (tertiary/aromatic N) is 1. The first-order valence-electron chi connectivity index (χ1n) is 8.91. The van der Waals surface area contributed by atoms with Gasteiger partial charge in [0.15, 0.2) is 0 Å². The molecule has 7 nitrogen and oxygen atoms in total. The number of ether oxygens (including phenoxy) is 2. The molecule has 1 aliphatic rings. The third-order valence-electron chi connectivity index (χ3n) is 4.31. The highest BCUT2D eigenvalue weighted by molar-refractivity contribution is 7.89. The third kappa shape index (κ3) is 5.36. The molecule has 2 aromatic rings. The first kappa shape index (κ1) is 21.3. The second-order valence-corrected chi connectivity index (χ2v) is 8.60. The first-order valence-corrected chi connectivity index (χ1v) is 10.7. The van der Waals surface area contributed by atoms with E-state index in [0.29, 0.717) is 29.5 Å². The molecule has 9 heteroatoms. The predicted molar refractivity (Wildman–Crippen MR) is 112 cm³/mol. The van der Waals surface area contributed by atoms with E-state index < -0.39 is 10.0 Å². The van der Waals surface area contributed by atoms with Gasteiger partial charge in [-0.3, -0.25) is 4.79 Å². The number of nitrogens with one attached hydrogen (secondary N) is 1. The SMILES string of the molecule is COc1ccc(C=CC(=O)Nc2ccc(Cl)cc2)cc1S(=O)(=O)N1CCOCC1. The van der Waals surface area contributed by atoms with E-state index in [1.54, 1.807) is 42.5 Å². The van der Waals surface area contributed by atoms with Crippen molar-refractivity contribution < 1.29 is 22.7 Å². The van der Waals surface area contributed by atoms with Crippen molar-refractivity contribution in [3.63, 3.8) is 0 Å². The predicted octanol–water partition coefficient (Wildman–Crippen LogP) is 3.02. The largest absolute Gasteiger partial charge is 0.495 e. The summed E-state index contributed by atoms with van der Waals surface area (Å²) in [6.07, 6.45) is 2.88. The molecule has 1 saturated heterocycles. The second kappa shape index (κ2) is 9.41. The van der Waals surface area contributed by atoms with E-state index in [9.17, 15) is 13.2 Å². The highest BCUT2D eigenvalue weighted by Gasteiger charge is 2.29. The molecule has 2 aromatic carbocycles. The monoisotopic (exact) mass is 436 g/mol. The zero-order chi connectivity index (χ0) is 20.9. The molecule has 0 aromatic heterocycles. The van der Waals surface area contributed by atoms with Gasteiger partial charge >= 0.3 is 0 Å². The first-order chi connectivity index (χ1) is 13.9. The Hall–Kier alpha value is -2.39. The number of halogens is 1. The fraction of sp³-hybridized carbons (Fsp3) is 0.250. The average molecular weight is 437 g/mol. The lowest BCUT2D eigenvalue weighted by molar-refractivity contribution is -0.111. The smallest absolute Gasteiger partial charge is 0.248 e. The van der Waals surface area contributed by atoms with Gasteiger partial charge < -0.3 is 14.8 Å². The fourth-order valence-corrected chi connectivity index (χ4v) is 4.54. The minimum atomic E-state index is -3.74. The molecular weight excluding hydrogens is 416 g/mol. The Labute approximate surface area is 174 Å². The molecule has 154 valence electrons. The van der Waals surface area contributed by atoms with E-state index in [1.165, 1.54) is 23.6 Å². The van der Waals surface area contributed by atoms with Crippen LogP contribution in [0.4, 0.5) is 5.69 Å². The molecule has 0 spiro atoms. The van der Waals surface area contributed by atoms with Gasteiger partial charge in [-0.25, -0.2) is 8.42 Å². The standard InChI is InChI=1S/C20H21ClN2O5S/c1-27-18-8-2-15(3-9-20(24)22-17-6-4-16(21)5-7-17)14-19(18)29(25,26)23-10-12-28-13-11-23/h2-9,14H,10-13H2,1H3,(H,22,24). The van der Waals surface area contributed by atoms with Crippen molar-refractivity contribution >= 4 is 39.3 Å². The van der Waals surface area contributed by atoms with Gasteiger partial charge in [-0.2, -0.15) is 4.31 Å². The summed E-state index contributed by atoms with van der Waals surface area (Å²) in [4.78, 5) is 12.2. The molecule has 0 atom stereocenters. The molecule has 0 bridgehead atoms. The van der Waals surface area contributed by atoms with Crippen LogP contribution >= 0.6 is 11.6 Å². The van der Waals surface area contributed by atoms with Crippen LogP contribution < -0.4 is 10.1 Å². The van der Waals surface area contributed by atoms with Crippen LogP contribution in [-0.4, -0.2) is 52.0 Å². The molecule has 3 rings (SSSR count). The normalized spacial score (nSPS) is 15.4. The van der Waals surface area contributed by atoms with Crippen molar-refractivity contribution in [1.29, 1.82) is 0 Å². The Morgan fingerprint density at radius 2 is 1.86 bits per heavy atom. The highest BCUT2D eigenvalue weighted by atomic mass is 35.5. The van der Waals surface area contributed by atoms with E-state index in [1.807, 2.05) is 0 Å². The van der Waals surface area contributed by atoms with Crippen LogP contribution in [0.5, 0.6) is 5.75 Å². The zero-order valence-corrected chi connectivity index (χ0v) is 17.4. The van der Waals surface area contributed by atoms with Crippen LogP contribution in [0.1, 0.15) is 5.56 Å². The van der Waals surface area contributed by atoms with Crippen molar-refractivity contribution in [3.8, 4) is 5.75 Å². The maximum atomic E-state index is 13.0. The maximum absolute atomic E-state index is 13.0. The van der Waals surface area contributed by atoms with Crippen molar-refractivity contribution in [2.45, 2.75) is 4.90 Å². The van der Waals surface area contributed by atoms with Gasteiger partial charge in [0.25, 0.3) is 0 Å². The van der Waals surface area contributed by atoms with Crippen molar-refractivity contribution in [3.05, 3.63) is 59.1 Å². The van der Waals surface area contributed by atoms with Crippen LogP contribution in [-0.2, 0) is 19.6 Å². The number of hydrogen-bond acceptors (Lipinski definition) is 5. The van der Waals surface area contributed by atoms with E-state index in [4.69, 9.17) is 21.1 Å². The van der Waals surface area contributed by atoms with Crippen LogP contribution in [0.2, 0.25) is 5.02 Å². The van der Waals surface area contributed by atoms with E-state index in [2.05, 4.69) is 5.32 Å². The number of benzene rings is 2. The average Bonchev–Trinajstić information content (AvgIpc) is 2.74. The van der Waals surface area contributed by atoms with Gasteiger partial charge in [-0.1, -0.05) is 17.7 Å². The van der Waals surface area contributed by atoms with Gasteiger partial charge in [0, 0.05) is 29.9 Å². The summed E-state index contributed by atoms with van der Waals surface area (Å²) in [5.41, 5.74) is 1.17. The van der Waals surface area contributed by atoms with E-state index in [-0.39, 0.29) is 29.6 Å². The fourth-order valence-electron chi connectivity index (χ4n) is 2.81. The molecule has 1 N–H and O–H groups in total. The minimum absolute atomic E-state index is 0.0576. The summed E-state index contributed by atoms with van der Waals surface area (Å²) in [6.45, 7) is 1.28. The molecule has 1 fully saturated rings. The lowest BCUT2D eigenvalue weighted by Gasteiger charge is -2.26. The summed E-state index contributed by atoms with van der Waals surface area (Å²) >= 11 is 5.83. The number of rotatable bonds is 6. The van der Waals surface area contributed by atoms with Crippen molar-refractivity contribution in [2.24, 2.45) is 0 Å². The number of anilines is 1. The van der Waals surface area contributed by atoms with E-state index in [0.717, 1.165) is 0 Å². The topological polar surface area (TPSA) is 84.9 Å². The highest BCUT2D eigenvalue weighted by Crippen LogP contribution is 2.29. The Morgan fingerprint density at radius 1 is 1.17 bits per heavy atom. The number of amides is 1.